The summed E-state index contributed by atoms with van der Waals surface area (Å²) in [4.78, 5) is 2.43. The predicted octanol–water partition coefficient (Wildman–Crippen LogP) is 1.63. The lowest BCUT2D eigenvalue weighted by atomic mass is 10.4. The number of allylic oxidation sites excluding steroid dienone is 2. The smallest absolute Gasteiger partial charge is 0.0166 e. The maximum Gasteiger partial charge on any atom is 0.0166 e. The summed E-state index contributed by atoms with van der Waals surface area (Å²) in [6.45, 7) is 8.76. The third-order valence-corrected chi connectivity index (χ3v) is 1.81. The van der Waals surface area contributed by atoms with Crippen LogP contribution in [0.15, 0.2) is 18.2 Å². The van der Waals surface area contributed by atoms with E-state index in [0.717, 1.165) is 6.54 Å². The van der Waals surface area contributed by atoms with Gasteiger partial charge in [0.25, 0.3) is 0 Å². The first kappa shape index (κ1) is 7.55. The van der Waals surface area contributed by atoms with E-state index < -0.39 is 0 Å². The summed E-state index contributed by atoms with van der Waals surface area (Å²) in [5.41, 5.74) is 0. The molecule has 1 fully saturated rings. The van der Waals surface area contributed by atoms with Crippen LogP contribution in [0.1, 0.15) is 12.8 Å². The maximum atomic E-state index is 5.18. The molecule has 1 rings (SSSR count). The zero-order valence-electron chi connectivity index (χ0n) is 6.29. The van der Waals surface area contributed by atoms with Crippen molar-refractivity contribution in [2.24, 2.45) is 0 Å². The molecule has 0 aromatic carbocycles. The van der Waals surface area contributed by atoms with Gasteiger partial charge in [0.15, 0.2) is 0 Å². The van der Waals surface area contributed by atoms with Crippen LogP contribution in [0.2, 0.25) is 0 Å². The SMILES string of the molecule is [CH]=CC=CCN1CCCC1. The van der Waals surface area contributed by atoms with E-state index in [9.17, 15) is 0 Å². The Morgan fingerprint density at radius 2 is 2.00 bits per heavy atom. The lowest BCUT2D eigenvalue weighted by molar-refractivity contribution is 0.377. The first-order valence-corrected chi connectivity index (χ1v) is 3.86. The molecule has 1 saturated heterocycles. The Hall–Kier alpha value is -0.560. The van der Waals surface area contributed by atoms with Gasteiger partial charge in [-0.2, -0.15) is 0 Å². The lowest BCUT2D eigenvalue weighted by Gasteiger charge is -2.09. The predicted molar refractivity (Wildman–Crippen MR) is 43.7 cm³/mol. The molecular weight excluding hydrogens is 122 g/mol. The van der Waals surface area contributed by atoms with E-state index in [1.54, 1.807) is 6.08 Å². The average Bonchev–Trinajstić information content (AvgIpc) is 2.41. The van der Waals surface area contributed by atoms with Gasteiger partial charge in [-0.15, -0.1) is 0 Å². The third kappa shape index (κ3) is 2.36. The van der Waals surface area contributed by atoms with E-state index in [2.05, 4.69) is 11.0 Å². The molecular formula is C9H14N. The van der Waals surface area contributed by atoms with Crippen LogP contribution >= 0.6 is 0 Å². The van der Waals surface area contributed by atoms with Gasteiger partial charge in [0.2, 0.25) is 0 Å². The molecule has 1 heterocycles. The zero-order valence-corrected chi connectivity index (χ0v) is 6.29. The van der Waals surface area contributed by atoms with Crippen molar-refractivity contribution >= 4 is 0 Å². The molecule has 0 aromatic rings. The molecule has 0 saturated carbocycles. The van der Waals surface area contributed by atoms with Crippen molar-refractivity contribution in [3.63, 3.8) is 0 Å². The molecule has 0 aromatic heterocycles. The molecule has 1 aliphatic rings. The largest absolute Gasteiger partial charge is 0.300 e. The fraction of sp³-hybridized carbons (Fsp3) is 0.556. The quantitative estimate of drug-likeness (QED) is 0.533. The molecule has 0 amide bonds. The topological polar surface area (TPSA) is 3.24 Å². The highest BCUT2D eigenvalue weighted by Gasteiger charge is 2.07. The lowest BCUT2D eigenvalue weighted by Crippen LogP contribution is -2.18. The van der Waals surface area contributed by atoms with Crippen LogP contribution < -0.4 is 0 Å². The molecule has 0 atom stereocenters. The van der Waals surface area contributed by atoms with Crippen molar-refractivity contribution in [1.29, 1.82) is 0 Å². The van der Waals surface area contributed by atoms with Crippen molar-refractivity contribution in [3.05, 3.63) is 24.8 Å². The molecule has 0 N–H and O–H groups in total. The molecule has 10 heavy (non-hydrogen) atoms. The maximum absolute atomic E-state index is 5.18. The Balaban J connectivity index is 2.12. The van der Waals surface area contributed by atoms with Crippen molar-refractivity contribution in [3.8, 4) is 0 Å². The van der Waals surface area contributed by atoms with Crippen LogP contribution in [0, 0.1) is 6.58 Å². The summed E-state index contributed by atoms with van der Waals surface area (Å²) in [7, 11) is 0. The summed E-state index contributed by atoms with van der Waals surface area (Å²) >= 11 is 0. The number of likely N-dealkylation sites (tertiary alicyclic amines) is 1. The highest BCUT2D eigenvalue weighted by molar-refractivity contribution is 4.97. The normalized spacial score (nSPS) is 20.4. The number of hydrogen-bond donors (Lipinski definition) is 0. The van der Waals surface area contributed by atoms with Gasteiger partial charge < -0.3 is 0 Å². The van der Waals surface area contributed by atoms with Gasteiger partial charge in [-0.25, -0.2) is 0 Å². The first-order chi connectivity index (χ1) is 4.93. The summed E-state index contributed by atoms with van der Waals surface area (Å²) < 4.78 is 0. The fourth-order valence-electron chi connectivity index (χ4n) is 1.25. The highest BCUT2D eigenvalue weighted by atomic mass is 15.1. The molecule has 0 bridgehead atoms. The van der Waals surface area contributed by atoms with Crippen molar-refractivity contribution in [2.45, 2.75) is 12.8 Å². The fourth-order valence-corrected chi connectivity index (χ4v) is 1.25. The highest BCUT2D eigenvalue weighted by Crippen LogP contribution is 2.05. The third-order valence-electron chi connectivity index (χ3n) is 1.81. The Morgan fingerprint density at radius 1 is 1.30 bits per heavy atom. The van der Waals surface area contributed by atoms with E-state index in [0.29, 0.717) is 0 Å². The molecule has 1 heteroatoms. The average molecular weight is 136 g/mol. The van der Waals surface area contributed by atoms with Crippen molar-refractivity contribution in [2.75, 3.05) is 19.6 Å². The van der Waals surface area contributed by atoms with E-state index in [1.807, 2.05) is 6.08 Å². The van der Waals surface area contributed by atoms with Crippen LogP contribution in [0.5, 0.6) is 0 Å². The minimum atomic E-state index is 1.06. The van der Waals surface area contributed by atoms with E-state index in [-0.39, 0.29) is 0 Å². The van der Waals surface area contributed by atoms with E-state index >= 15 is 0 Å². The van der Waals surface area contributed by atoms with Gasteiger partial charge in [0.05, 0.1) is 0 Å². The zero-order chi connectivity index (χ0) is 7.23. The van der Waals surface area contributed by atoms with E-state index in [1.165, 1.54) is 25.9 Å². The molecule has 0 unspecified atom stereocenters. The van der Waals surface area contributed by atoms with Gasteiger partial charge in [-0.05, 0) is 25.9 Å². The van der Waals surface area contributed by atoms with Gasteiger partial charge in [0, 0.05) is 6.54 Å². The summed E-state index contributed by atoms with van der Waals surface area (Å²) in [6, 6.07) is 0. The molecule has 1 radical (unpaired) electrons. The Labute approximate surface area is 63.0 Å². The second-order valence-corrected chi connectivity index (χ2v) is 2.63. The second-order valence-electron chi connectivity index (χ2n) is 2.63. The molecule has 0 aliphatic carbocycles. The minimum absolute atomic E-state index is 1.06. The molecule has 1 nitrogen and oxygen atoms in total. The van der Waals surface area contributed by atoms with Crippen LogP contribution in [-0.2, 0) is 0 Å². The van der Waals surface area contributed by atoms with Crippen LogP contribution in [0.3, 0.4) is 0 Å². The van der Waals surface area contributed by atoms with Gasteiger partial charge >= 0.3 is 0 Å². The standard InChI is InChI=1S/C9H14N/c1-2-3-4-7-10-8-5-6-9-10/h1-4H,5-9H2. The molecule has 55 valence electrons. The van der Waals surface area contributed by atoms with Gasteiger partial charge in [-0.1, -0.05) is 24.8 Å². The Kier molecular flexibility index (Phi) is 3.23. The minimum Gasteiger partial charge on any atom is -0.300 e. The number of rotatable bonds is 3. The summed E-state index contributed by atoms with van der Waals surface area (Å²) in [6.07, 6.45) is 8.31. The Bertz CT molecular complexity index is 121. The van der Waals surface area contributed by atoms with Gasteiger partial charge in [-0.3, -0.25) is 4.90 Å². The van der Waals surface area contributed by atoms with Crippen LogP contribution in [0.4, 0.5) is 0 Å². The van der Waals surface area contributed by atoms with Crippen molar-refractivity contribution in [1.82, 2.24) is 4.90 Å². The monoisotopic (exact) mass is 136 g/mol. The number of hydrogen-bond acceptors (Lipinski definition) is 1. The summed E-state index contributed by atoms with van der Waals surface area (Å²) in [5.74, 6) is 0. The second kappa shape index (κ2) is 4.29. The Morgan fingerprint density at radius 3 is 2.60 bits per heavy atom. The summed E-state index contributed by atoms with van der Waals surface area (Å²) in [5, 5.41) is 0. The van der Waals surface area contributed by atoms with Crippen LogP contribution in [-0.4, -0.2) is 24.5 Å². The van der Waals surface area contributed by atoms with E-state index in [4.69, 9.17) is 6.58 Å². The van der Waals surface area contributed by atoms with Crippen molar-refractivity contribution < 1.29 is 0 Å². The van der Waals surface area contributed by atoms with Gasteiger partial charge in [0.1, 0.15) is 0 Å². The van der Waals surface area contributed by atoms with Crippen LogP contribution in [0.25, 0.3) is 0 Å². The first-order valence-electron chi connectivity index (χ1n) is 3.86. The molecule has 0 spiro atoms. The molecule has 1 aliphatic heterocycles. The number of nitrogens with zero attached hydrogens (tertiary/aromatic N) is 1.